The second kappa shape index (κ2) is 3.57. The van der Waals surface area contributed by atoms with Gasteiger partial charge in [0.25, 0.3) is 0 Å². The fourth-order valence-corrected chi connectivity index (χ4v) is 1.79. The Kier molecular flexibility index (Phi) is 2.08. The van der Waals surface area contributed by atoms with Crippen molar-refractivity contribution in [2.24, 2.45) is 0 Å². The Morgan fingerprint density at radius 3 is 2.94 bits per heavy atom. The van der Waals surface area contributed by atoms with Crippen LogP contribution in [0.25, 0.3) is 16.6 Å². The second-order valence-corrected chi connectivity index (χ2v) is 3.69. The molecule has 0 spiro atoms. The molecule has 3 aromatic rings. The Morgan fingerprint density at radius 1 is 1.19 bits per heavy atom. The van der Waals surface area contributed by atoms with Crippen LogP contribution in [0.15, 0.2) is 42.9 Å². The number of fused-ring (bicyclic) bond motifs is 1. The predicted octanol–water partition coefficient (Wildman–Crippen LogP) is 2.47. The molecule has 78 valence electrons. The molecule has 0 amide bonds. The Morgan fingerprint density at radius 2 is 2.12 bits per heavy atom. The lowest BCUT2D eigenvalue weighted by molar-refractivity contribution is 1.06. The number of hydrogen-bond donors (Lipinski definition) is 0. The molecule has 0 aliphatic carbocycles. The van der Waals surface area contributed by atoms with E-state index in [2.05, 4.69) is 15.2 Å². The third-order valence-electron chi connectivity index (χ3n) is 2.37. The summed E-state index contributed by atoms with van der Waals surface area (Å²) >= 11 is 5.90. The number of pyridine rings is 1. The minimum absolute atomic E-state index is 0.350. The largest absolute Gasteiger partial charge is 0.272 e. The van der Waals surface area contributed by atoms with Crippen LogP contribution in [0, 0.1) is 0 Å². The van der Waals surface area contributed by atoms with Crippen LogP contribution >= 0.6 is 11.6 Å². The molecule has 0 N–H and O–H groups in total. The first-order chi connectivity index (χ1) is 7.84. The minimum Gasteiger partial charge on any atom is -0.272 e. The van der Waals surface area contributed by atoms with Gasteiger partial charge in [-0.05, 0) is 35.9 Å². The Bertz CT molecular complexity index is 647. The van der Waals surface area contributed by atoms with E-state index in [1.165, 1.54) is 0 Å². The lowest BCUT2D eigenvalue weighted by Gasteiger charge is -2.03. The fraction of sp³-hybridized carbons (Fsp3) is 0. The van der Waals surface area contributed by atoms with E-state index in [-0.39, 0.29) is 0 Å². The van der Waals surface area contributed by atoms with Gasteiger partial charge in [-0.15, -0.1) is 10.2 Å². The van der Waals surface area contributed by atoms with Gasteiger partial charge in [-0.1, -0.05) is 6.07 Å². The highest BCUT2D eigenvalue weighted by atomic mass is 35.5. The molecule has 4 nitrogen and oxygen atoms in total. The molecule has 1 aromatic carbocycles. The van der Waals surface area contributed by atoms with Crippen LogP contribution in [-0.2, 0) is 0 Å². The van der Waals surface area contributed by atoms with E-state index in [9.17, 15) is 0 Å². The molecule has 0 fully saturated rings. The zero-order valence-corrected chi connectivity index (χ0v) is 8.96. The van der Waals surface area contributed by atoms with Crippen molar-refractivity contribution in [1.29, 1.82) is 0 Å². The van der Waals surface area contributed by atoms with Crippen LogP contribution in [0.3, 0.4) is 0 Å². The highest BCUT2D eigenvalue weighted by Crippen LogP contribution is 2.18. The van der Waals surface area contributed by atoms with Gasteiger partial charge in [0.05, 0.1) is 11.2 Å². The van der Waals surface area contributed by atoms with Crippen LogP contribution in [0.4, 0.5) is 0 Å². The quantitative estimate of drug-likeness (QED) is 0.645. The number of benzene rings is 1. The van der Waals surface area contributed by atoms with Gasteiger partial charge < -0.3 is 0 Å². The topological polar surface area (TPSA) is 43.6 Å². The summed E-state index contributed by atoms with van der Waals surface area (Å²) < 4.78 is 1.72. The maximum absolute atomic E-state index is 5.90. The van der Waals surface area contributed by atoms with Crippen LogP contribution in [0.2, 0.25) is 5.28 Å². The summed E-state index contributed by atoms with van der Waals surface area (Å²) in [4.78, 5) is 4.25. The van der Waals surface area contributed by atoms with Crippen LogP contribution in [0.1, 0.15) is 0 Å². The summed E-state index contributed by atoms with van der Waals surface area (Å²) in [6, 6.07) is 9.78. The number of nitrogens with zero attached hydrogens (tertiary/aromatic N) is 4. The second-order valence-electron chi connectivity index (χ2n) is 3.35. The molecule has 0 aliphatic heterocycles. The summed E-state index contributed by atoms with van der Waals surface area (Å²) in [6.45, 7) is 0. The average molecular weight is 231 g/mol. The monoisotopic (exact) mass is 230 g/mol. The highest BCUT2D eigenvalue weighted by molar-refractivity contribution is 6.28. The Balaban J connectivity index is 2.23. The van der Waals surface area contributed by atoms with Crippen molar-refractivity contribution in [1.82, 2.24) is 19.7 Å². The van der Waals surface area contributed by atoms with Crippen LogP contribution < -0.4 is 0 Å². The normalized spacial score (nSPS) is 10.8. The lowest BCUT2D eigenvalue weighted by Crippen LogP contribution is -1.92. The Hall–Kier alpha value is -1.94. The summed E-state index contributed by atoms with van der Waals surface area (Å²) in [5, 5.41) is 8.89. The number of rotatable bonds is 1. The van der Waals surface area contributed by atoms with E-state index < -0.39 is 0 Å². The van der Waals surface area contributed by atoms with Gasteiger partial charge in [0.15, 0.2) is 0 Å². The first-order valence-electron chi connectivity index (χ1n) is 4.75. The molecular formula is C11H7ClN4. The molecule has 0 saturated heterocycles. The molecule has 0 radical (unpaired) electrons. The molecule has 3 rings (SSSR count). The van der Waals surface area contributed by atoms with E-state index in [0.717, 1.165) is 16.6 Å². The van der Waals surface area contributed by atoms with Gasteiger partial charge in [0.2, 0.25) is 5.28 Å². The van der Waals surface area contributed by atoms with Crippen molar-refractivity contribution < 1.29 is 0 Å². The van der Waals surface area contributed by atoms with Crippen molar-refractivity contribution in [3.8, 4) is 5.69 Å². The summed E-state index contributed by atoms with van der Waals surface area (Å²) in [5.41, 5.74) is 1.88. The van der Waals surface area contributed by atoms with Gasteiger partial charge in [-0.2, -0.15) is 0 Å². The van der Waals surface area contributed by atoms with Crippen molar-refractivity contribution in [3.05, 3.63) is 48.1 Å². The van der Waals surface area contributed by atoms with E-state index >= 15 is 0 Å². The van der Waals surface area contributed by atoms with Crippen molar-refractivity contribution in [2.45, 2.75) is 0 Å². The van der Waals surface area contributed by atoms with Gasteiger partial charge in [-0.25, -0.2) is 0 Å². The summed E-state index contributed by atoms with van der Waals surface area (Å²) in [6.07, 6.45) is 3.35. The number of hydrogen-bond acceptors (Lipinski definition) is 3. The third kappa shape index (κ3) is 1.44. The Labute approximate surface area is 96.5 Å². The SMILES string of the molecule is Clc1nncn1-c1ccc2ncccc2c1. The molecule has 2 aromatic heterocycles. The van der Waals surface area contributed by atoms with E-state index in [4.69, 9.17) is 11.6 Å². The molecule has 5 heteroatoms. The first-order valence-corrected chi connectivity index (χ1v) is 5.13. The van der Waals surface area contributed by atoms with E-state index in [1.807, 2.05) is 30.3 Å². The molecule has 0 bridgehead atoms. The van der Waals surface area contributed by atoms with Gasteiger partial charge in [0, 0.05) is 11.6 Å². The zero-order valence-electron chi connectivity index (χ0n) is 8.21. The zero-order chi connectivity index (χ0) is 11.0. The third-order valence-corrected chi connectivity index (χ3v) is 2.63. The standard InChI is InChI=1S/C11H7ClN4/c12-11-15-14-7-16(11)9-3-4-10-8(6-9)2-1-5-13-10/h1-7H. The van der Waals surface area contributed by atoms with Crippen molar-refractivity contribution in [2.75, 3.05) is 0 Å². The first kappa shape index (κ1) is 9.30. The minimum atomic E-state index is 0.350. The molecular weight excluding hydrogens is 224 g/mol. The smallest absolute Gasteiger partial charge is 0.229 e. The van der Waals surface area contributed by atoms with Crippen LogP contribution in [0.5, 0.6) is 0 Å². The van der Waals surface area contributed by atoms with Crippen LogP contribution in [-0.4, -0.2) is 19.7 Å². The van der Waals surface area contributed by atoms with Gasteiger partial charge >= 0.3 is 0 Å². The highest BCUT2D eigenvalue weighted by Gasteiger charge is 2.03. The predicted molar refractivity (Wildman–Crippen MR) is 61.7 cm³/mol. The van der Waals surface area contributed by atoms with E-state index in [1.54, 1.807) is 17.1 Å². The molecule has 16 heavy (non-hydrogen) atoms. The van der Waals surface area contributed by atoms with E-state index in [0.29, 0.717) is 5.28 Å². The lowest BCUT2D eigenvalue weighted by atomic mass is 10.2. The van der Waals surface area contributed by atoms with Crippen molar-refractivity contribution >= 4 is 22.5 Å². The molecule has 2 heterocycles. The van der Waals surface area contributed by atoms with Gasteiger partial charge in [0.1, 0.15) is 6.33 Å². The molecule has 0 aliphatic rings. The fourth-order valence-electron chi connectivity index (χ4n) is 1.61. The maximum Gasteiger partial charge on any atom is 0.229 e. The summed E-state index contributed by atoms with van der Waals surface area (Å²) in [5.74, 6) is 0. The number of halogens is 1. The van der Waals surface area contributed by atoms with Gasteiger partial charge in [-0.3, -0.25) is 9.55 Å². The number of aromatic nitrogens is 4. The van der Waals surface area contributed by atoms with Crippen molar-refractivity contribution in [3.63, 3.8) is 0 Å². The maximum atomic E-state index is 5.90. The molecule has 0 saturated carbocycles. The molecule has 0 unspecified atom stereocenters. The molecule has 0 atom stereocenters. The average Bonchev–Trinajstić information content (AvgIpc) is 2.75. The summed E-state index contributed by atoms with van der Waals surface area (Å²) in [7, 11) is 0.